The van der Waals surface area contributed by atoms with Gasteiger partial charge in [0.25, 0.3) is 0 Å². The zero-order valence-corrected chi connectivity index (χ0v) is 13.4. The van der Waals surface area contributed by atoms with E-state index >= 15 is 0 Å². The molecule has 3 aromatic rings. The Morgan fingerprint density at radius 3 is 2.83 bits per heavy atom. The van der Waals surface area contributed by atoms with E-state index in [0.29, 0.717) is 17.2 Å². The van der Waals surface area contributed by atoms with Gasteiger partial charge in [0.2, 0.25) is 5.91 Å². The lowest BCUT2D eigenvalue weighted by molar-refractivity contribution is -0.772. The number of nitrogens with one attached hydrogen (secondary N) is 2. The van der Waals surface area contributed by atoms with Gasteiger partial charge in [0.1, 0.15) is 0 Å². The molecule has 1 aromatic heterocycles. The van der Waals surface area contributed by atoms with Crippen molar-refractivity contribution in [3.8, 4) is 0 Å². The van der Waals surface area contributed by atoms with E-state index in [-0.39, 0.29) is 5.91 Å². The predicted octanol–water partition coefficient (Wildman–Crippen LogP) is 2.07. The van der Waals surface area contributed by atoms with Crippen molar-refractivity contribution >= 4 is 34.1 Å². The van der Waals surface area contributed by atoms with Crippen LogP contribution in [-0.2, 0) is 11.8 Å². The molecule has 7 heteroatoms. The third-order valence-corrected chi connectivity index (χ3v) is 4.51. The van der Waals surface area contributed by atoms with Gasteiger partial charge < -0.3 is 5.32 Å². The number of benzene rings is 2. The molecule has 118 valence electrons. The number of nitrogens with zero attached hydrogens (tertiary/aromatic N) is 1. The summed E-state index contributed by atoms with van der Waals surface area (Å²) < 4.78 is 6.15. The van der Waals surface area contributed by atoms with Gasteiger partial charge in [-0.1, -0.05) is 41.1 Å². The molecule has 0 bridgehead atoms. The molecule has 0 saturated heterocycles. The number of aromatic nitrogens is 2. The first-order valence-corrected chi connectivity index (χ1v) is 8.11. The number of hydrogen-bond donors (Lipinski definition) is 2. The Morgan fingerprint density at radius 2 is 2.04 bits per heavy atom. The van der Waals surface area contributed by atoms with Crippen LogP contribution in [0.25, 0.3) is 10.8 Å². The maximum absolute atomic E-state index is 12.1. The van der Waals surface area contributed by atoms with E-state index in [4.69, 9.17) is 0 Å². The number of rotatable bonds is 5. The van der Waals surface area contributed by atoms with Gasteiger partial charge in [-0.3, -0.25) is 9.32 Å². The Hall–Kier alpha value is -2.54. The summed E-state index contributed by atoms with van der Waals surface area (Å²) in [5, 5.41) is 7.90. The quantitative estimate of drug-likeness (QED) is 0.554. The molecule has 0 fully saturated rings. The minimum absolute atomic E-state index is 0.0866. The lowest BCUT2D eigenvalue weighted by Crippen LogP contribution is -2.33. The molecule has 2 N–H and O–H groups in total. The van der Waals surface area contributed by atoms with Gasteiger partial charge in [0, 0.05) is 23.2 Å². The van der Waals surface area contributed by atoms with Crippen LogP contribution in [0, 0.1) is 0 Å². The van der Waals surface area contributed by atoms with Crippen LogP contribution in [0.5, 0.6) is 0 Å². The number of fused-ring (bicyclic) bond motifs is 1. The fraction of sp³-hybridized carbons (Fsp3) is 0.188. The van der Waals surface area contributed by atoms with Crippen molar-refractivity contribution in [2.24, 2.45) is 7.05 Å². The number of amides is 1. The van der Waals surface area contributed by atoms with Crippen molar-refractivity contribution in [3.05, 3.63) is 52.9 Å². The van der Waals surface area contributed by atoms with Crippen molar-refractivity contribution < 1.29 is 14.0 Å². The molecule has 0 spiro atoms. The van der Waals surface area contributed by atoms with Gasteiger partial charge >= 0.3 is 10.7 Å². The number of aryl methyl sites for hydroxylation is 1. The van der Waals surface area contributed by atoms with Crippen molar-refractivity contribution in [1.29, 1.82) is 0 Å². The van der Waals surface area contributed by atoms with E-state index in [0.717, 1.165) is 16.5 Å². The van der Waals surface area contributed by atoms with Gasteiger partial charge in [0.05, 0.1) is 0 Å². The molecule has 0 radical (unpaired) electrons. The Balaban J connectivity index is 1.62. The van der Waals surface area contributed by atoms with Crippen LogP contribution >= 0.6 is 11.8 Å². The monoisotopic (exact) mass is 330 g/mol. The first-order valence-electron chi connectivity index (χ1n) is 7.13. The smallest absolute Gasteiger partial charge is 0.325 e. The van der Waals surface area contributed by atoms with E-state index < -0.39 is 5.63 Å². The fourth-order valence-corrected chi connectivity index (χ4v) is 3.15. The Morgan fingerprint density at radius 1 is 1.26 bits per heavy atom. The Bertz CT molecular complexity index is 895. The highest BCUT2D eigenvalue weighted by Gasteiger charge is 2.18. The maximum Gasteiger partial charge on any atom is 0.441 e. The van der Waals surface area contributed by atoms with Crippen LogP contribution in [-0.4, -0.2) is 16.9 Å². The molecule has 1 amide bonds. The van der Waals surface area contributed by atoms with Crippen molar-refractivity contribution in [3.63, 3.8) is 0 Å². The number of hydrogen-bond acceptors (Lipinski definition) is 4. The molecular formula is C16H16N3O3S+. The van der Waals surface area contributed by atoms with Gasteiger partial charge in [-0.25, -0.2) is 4.79 Å². The lowest BCUT2D eigenvalue weighted by atomic mass is 10.1. The van der Waals surface area contributed by atoms with Crippen molar-refractivity contribution in [2.45, 2.75) is 11.4 Å². The molecular weight excluding hydrogens is 314 g/mol. The van der Waals surface area contributed by atoms with E-state index in [2.05, 4.69) is 15.1 Å². The highest BCUT2D eigenvalue weighted by Crippen LogP contribution is 2.23. The SMILES string of the molecule is C[n+]1[nH]oc(=O)c1SCCC(=O)Nc1cccc2ccccc12. The van der Waals surface area contributed by atoms with E-state index in [1.54, 1.807) is 7.05 Å². The fourth-order valence-electron chi connectivity index (χ4n) is 2.28. The van der Waals surface area contributed by atoms with Gasteiger partial charge in [-0.2, -0.15) is 0 Å². The molecule has 3 rings (SSSR count). The summed E-state index contributed by atoms with van der Waals surface area (Å²) in [6.07, 6.45) is 0.304. The maximum atomic E-state index is 12.1. The van der Waals surface area contributed by atoms with Crippen LogP contribution in [0.1, 0.15) is 6.42 Å². The number of anilines is 1. The average Bonchev–Trinajstić information content (AvgIpc) is 2.87. The highest BCUT2D eigenvalue weighted by atomic mass is 32.2. The van der Waals surface area contributed by atoms with Crippen LogP contribution in [0.15, 0.2) is 56.8 Å². The molecule has 0 aliphatic rings. The summed E-state index contributed by atoms with van der Waals surface area (Å²) >= 11 is 1.29. The van der Waals surface area contributed by atoms with Crippen LogP contribution < -0.4 is 15.6 Å². The predicted molar refractivity (Wildman–Crippen MR) is 88.4 cm³/mol. The molecule has 1 heterocycles. The zero-order chi connectivity index (χ0) is 16.2. The topological polar surface area (TPSA) is 79.0 Å². The second kappa shape index (κ2) is 6.70. The Labute approximate surface area is 136 Å². The second-order valence-electron chi connectivity index (χ2n) is 5.02. The molecule has 0 aliphatic heterocycles. The average molecular weight is 330 g/mol. The number of H-pyrrole nitrogens is 1. The highest BCUT2D eigenvalue weighted by molar-refractivity contribution is 7.99. The third-order valence-electron chi connectivity index (χ3n) is 3.39. The minimum Gasteiger partial charge on any atom is -0.325 e. The number of carbonyl (C=O) groups is 1. The summed E-state index contributed by atoms with van der Waals surface area (Å²) in [6.45, 7) is 0. The summed E-state index contributed by atoms with van der Waals surface area (Å²) in [7, 11) is 1.68. The normalized spacial score (nSPS) is 10.8. The molecule has 0 unspecified atom stereocenters. The molecule has 0 atom stereocenters. The van der Waals surface area contributed by atoms with Gasteiger partial charge in [0.15, 0.2) is 7.05 Å². The zero-order valence-electron chi connectivity index (χ0n) is 12.5. The number of aromatic amines is 1. The molecule has 0 aliphatic carbocycles. The van der Waals surface area contributed by atoms with Crippen LogP contribution in [0.4, 0.5) is 5.69 Å². The van der Waals surface area contributed by atoms with Gasteiger partial charge in [-0.15, -0.1) is 0 Å². The molecule has 2 aromatic carbocycles. The third kappa shape index (κ3) is 3.45. The number of thioether (sulfide) groups is 1. The molecule has 23 heavy (non-hydrogen) atoms. The first-order chi connectivity index (χ1) is 11.1. The first kappa shape index (κ1) is 15.4. The van der Waals surface area contributed by atoms with Crippen LogP contribution in [0.2, 0.25) is 0 Å². The summed E-state index contributed by atoms with van der Waals surface area (Å²) in [6, 6.07) is 13.7. The van der Waals surface area contributed by atoms with E-state index in [1.165, 1.54) is 16.4 Å². The van der Waals surface area contributed by atoms with Crippen molar-refractivity contribution in [2.75, 3.05) is 11.1 Å². The van der Waals surface area contributed by atoms with E-state index in [9.17, 15) is 9.59 Å². The summed E-state index contributed by atoms with van der Waals surface area (Å²) in [5.74, 6) is 0.406. The Kier molecular flexibility index (Phi) is 4.47. The number of carbonyl (C=O) groups excluding carboxylic acids is 1. The standard InChI is InChI=1S/C16H15N3O3S/c1-19-15(16(21)22-18-19)23-10-9-14(20)17-13-8-4-6-11-5-2-3-7-12(11)13/h2-8H,9-10H2,1H3,(H-,17,18,20,21)/p+1. The van der Waals surface area contributed by atoms with E-state index in [1.807, 2.05) is 42.5 Å². The molecule has 6 nitrogen and oxygen atoms in total. The largest absolute Gasteiger partial charge is 0.441 e. The molecule has 0 saturated carbocycles. The van der Waals surface area contributed by atoms with Crippen LogP contribution in [0.3, 0.4) is 0 Å². The summed E-state index contributed by atoms with van der Waals surface area (Å²) in [4.78, 5) is 23.5. The summed E-state index contributed by atoms with van der Waals surface area (Å²) in [5.41, 5.74) is 0.372. The van der Waals surface area contributed by atoms with Gasteiger partial charge in [-0.05, 0) is 28.5 Å². The van der Waals surface area contributed by atoms with Crippen molar-refractivity contribution in [1.82, 2.24) is 5.27 Å². The second-order valence-corrected chi connectivity index (χ2v) is 6.10. The minimum atomic E-state index is -0.424. The lowest BCUT2D eigenvalue weighted by Gasteiger charge is -2.08.